The standard InChI is InChI=1S/C28H26F4/c1-2-3-4-19-8-12-21(25(29)15-19)11-7-18-5-9-20(10-6-18)22-13-14-24-23(16-22)17-26(30)28(32)27(24)31/h8,12-18,20H,2-6,9-10H2,1H3. The van der Waals surface area contributed by atoms with E-state index in [1.54, 1.807) is 24.3 Å². The highest BCUT2D eigenvalue weighted by atomic mass is 19.2. The summed E-state index contributed by atoms with van der Waals surface area (Å²) in [5.41, 5.74) is 2.45. The summed E-state index contributed by atoms with van der Waals surface area (Å²) in [5.74, 6) is 2.72. The molecule has 32 heavy (non-hydrogen) atoms. The van der Waals surface area contributed by atoms with Crippen molar-refractivity contribution in [2.75, 3.05) is 0 Å². The first-order valence-corrected chi connectivity index (χ1v) is 11.3. The first-order chi connectivity index (χ1) is 15.5. The van der Waals surface area contributed by atoms with Gasteiger partial charge in [-0.15, -0.1) is 0 Å². The van der Waals surface area contributed by atoms with Crippen LogP contribution in [0.1, 0.15) is 68.1 Å². The third-order valence-electron chi connectivity index (χ3n) is 6.46. The molecule has 0 amide bonds. The van der Waals surface area contributed by atoms with Gasteiger partial charge in [0.1, 0.15) is 5.82 Å². The summed E-state index contributed by atoms with van der Waals surface area (Å²) in [4.78, 5) is 0. The molecular weight excluding hydrogens is 412 g/mol. The van der Waals surface area contributed by atoms with E-state index in [1.165, 1.54) is 6.07 Å². The fraction of sp³-hybridized carbons (Fsp3) is 0.357. The minimum atomic E-state index is -1.43. The molecule has 0 saturated heterocycles. The molecule has 0 heterocycles. The van der Waals surface area contributed by atoms with Crippen LogP contribution < -0.4 is 0 Å². The molecule has 166 valence electrons. The van der Waals surface area contributed by atoms with Gasteiger partial charge in [-0.05, 0) is 79.2 Å². The molecule has 0 N–H and O–H groups in total. The van der Waals surface area contributed by atoms with Gasteiger partial charge in [-0.25, -0.2) is 17.6 Å². The molecule has 1 saturated carbocycles. The summed E-state index contributed by atoms with van der Waals surface area (Å²) in [6.45, 7) is 2.12. The van der Waals surface area contributed by atoms with Crippen molar-refractivity contribution in [1.82, 2.24) is 0 Å². The molecule has 0 spiro atoms. The normalized spacial score (nSPS) is 18.4. The lowest BCUT2D eigenvalue weighted by molar-refractivity contribution is 0.385. The maximum Gasteiger partial charge on any atom is 0.195 e. The number of rotatable bonds is 4. The van der Waals surface area contributed by atoms with E-state index >= 15 is 0 Å². The van der Waals surface area contributed by atoms with Gasteiger partial charge in [0.2, 0.25) is 0 Å². The van der Waals surface area contributed by atoms with Gasteiger partial charge in [0.25, 0.3) is 0 Å². The van der Waals surface area contributed by atoms with Crippen LogP contribution in [0.4, 0.5) is 17.6 Å². The number of benzene rings is 3. The van der Waals surface area contributed by atoms with Crippen LogP contribution in [-0.2, 0) is 6.42 Å². The second-order valence-electron chi connectivity index (χ2n) is 8.70. The maximum absolute atomic E-state index is 14.3. The van der Waals surface area contributed by atoms with Crippen LogP contribution in [0.25, 0.3) is 10.8 Å². The number of hydrogen-bond donors (Lipinski definition) is 0. The maximum atomic E-state index is 14.3. The van der Waals surface area contributed by atoms with Crippen LogP contribution >= 0.6 is 0 Å². The molecule has 4 heteroatoms. The molecule has 1 aliphatic rings. The molecule has 0 atom stereocenters. The summed E-state index contributed by atoms with van der Waals surface area (Å²) in [6, 6.07) is 11.5. The highest BCUT2D eigenvalue weighted by molar-refractivity contribution is 5.84. The number of halogens is 4. The van der Waals surface area contributed by atoms with Gasteiger partial charge >= 0.3 is 0 Å². The van der Waals surface area contributed by atoms with Crippen LogP contribution in [-0.4, -0.2) is 0 Å². The summed E-state index contributed by atoms with van der Waals surface area (Å²) in [7, 11) is 0. The van der Waals surface area contributed by atoms with Crippen LogP contribution in [0.3, 0.4) is 0 Å². The Morgan fingerprint density at radius 1 is 0.844 bits per heavy atom. The van der Waals surface area contributed by atoms with E-state index in [9.17, 15) is 17.6 Å². The lowest BCUT2D eigenvalue weighted by Crippen LogP contribution is -2.12. The smallest absolute Gasteiger partial charge is 0.195 e. The largest absolute Gasteiger partial charge is 0.206 e. The number of unbranched alkanes of at least 4 members (excludes halogenated alkanes) is 1. The predicted octanol–water partition coefficient (Wildman–Crippen LogP) is 8.06. The zero-order valence-corrected chi connectivity index (χ0v) is 18.2. The van der Waals surface area contributed by atoms with Crippen LogP contribution in [0.15, 0.2) is 42.5 Å². The molecule has 4 rings (SSSR count). The van der Waals surface area contributed by atoms with Gasteiger partial charge in [-0.2, -0.15) is 0 Å². The molecule has 0 bridgehead atoms. The van der Waals surface area contributed by atoms with E-state index < -0.39 is 17.5 Å². The second kappa shape index (κ2) is 9.77. The molecule has 3 aromatic carbocycles. The quantitative estimate of drug-likeness (QED) is 0.219. The van der Waals surface area contributed by atoms with Gasteiger partial charge in [-0.1, -0.05) is 49.5 Å². The summed E-state index contributed by atoms with van der Waals surface area (Å²) < 4.78 is 55.4. The Kier molecular flexibility index (Phi) is 6.84. The Bertz CT molecular complexity index is 1180. The van der Waals surface area contributed by atoms with Crippen molar-refractivity contribution in [3.05, 3.63) is 82.4 Å². The Morgan fingerprint density at radius 2 is 1.62 bits per heavy atom. The third-order valence-corrected chi connectivity index (χ3v) is 6.46. The molecule has 0 aliphatic heterocycles. The second-order valence-corrected chi connectivity index (χ2v) is 8.70. The minimum absolute atomic E-state index is 0.0925. The molecule has 0 nitrogen and oxygen atoms in total. The predicted molar refractivity (Wildman–Crippen MR) is 120 cm³/mol. The zero-order valence-electron chi connectivity index (χ0n) is 18.2. The van der Waals surface area contributed by atoms with E-state index in [1.807, 2.05) is 6.07 Å². The zero-order chi connectivity index (χ0) is 22.7. The van der Waals surface area contributed by atoms with Gasteiger partial charge in [0.05, 0.1) is 5.56 Å². The lowest BCUT2D eigenvalue weighted by Gasteiger charge is -2.26. The monoisotopic (exact) mass is 438 g/mol. The molecule has 1 fully saturated rings. The van der Waals surface area contributed by atoms with Crippen molar-refractivity contribution >= 4 is 10.8 Å². The van der Waals surface area contributed by atoms with Gasteiger partial charge in [0, 0.05) is 11.3 Å². The Hall–Kier alpha value is -2.80. The Balaban J connectivity index is 1.41. The van der Waals surface area contributed by atoms with Crippen molar-refractivity contribution < 1.29 is 17.6 Å². The van der Waals surface area contributed by atoms with E-state index in [4.69, 9.17) is 0 Å². The lowest BCUT2D eigenvalue weighted by atomic mass is 9.78. The molecule has 1 aliphatic carbocycles. The number of aryl methyl sites for hydroxylation is 1. The third kappa shape index (κ3) is 4.83. The Morgan fingerprint density at radius 3 is 2.34 bits per heavy atom. The van der Waals surface area contributed by atoms with Crippen molar-refractivity contribution in [2.24, 2.45) is 5.92 Å². The summed E-state index contributed by atoms with van der Waals surface area (Å²) in [6.07, 6.45) is 6.58. The van der Waals surface area contributed by atoms with Gasteiger partial charge < -0.3 is 0 Å². The van der Waals surface area contributed by atoms with E-state index in [0.717, 1.165) is 62.1 Å². The van der Waals surface area contributed by atoms with Crippen molar-refractivity contribution in [3.8, 4) is 11.8 Å². The van der Waals surface area contributed by atoms with Crippen LogP contribution in [0.2, 0.25) is 0 Å². The molecular formula is C28H26F4. The topological polar surface area (TPSA) is 0 Å². The highest BCUT2D eigenvalue weighted by Gasteiger charge is 2.22. The van der Waals surface area contributed by atoms with Gasteiger partial charge in [-0.3, -0.25) is 0 Å². The van der Waals surface area contributed by atoms with Crippen molar-refractivity contribution in [1.29, 1.82) is 0 Å². The van der Waals surface area contributed by atoms with E-state index in [0.29, 0.717) is 10.9 Å². The SMILES string of the molecule is CCCCc1ccc(C#CC2CCC(c3ccc4c(F)c(F)c(F)cc4c3)CC2)c(F)c1. The minimum Gasteiger partial charge on any atom is -0.206 e. The van der Waals surface area contributed by atoms with E-state index in [-0.39, 0.29) is 23.0 Å². The summed E-state index contributed by atoms with van der Waals surface area (Å²) in [5, 5.41) is 0.466. The molecule has 0 radical (unpaired) electrons. The van der Waals surface area contributed by atoms with Crippen molar-refractivity contribution in [3.63, 3.8) is 0 Å². The Labute approximate surface area is 186 Å². The molecule has 0 unspecified atom stereocenters. The fourth-order valence-electron chi connectivity index (χ4n) is 4.52. The molecule has 0 aromatic heterocycles. The number of hydrogen-bond acceptors (Lipinski definition) is 0. The fourth-order valence-corrected chi connectivity index (χ4v) is 4.52. The van der Waals surface area contributed by atoms with E-state index in [2.05, 4.69) is 18.8 Å². The first-order valence-electron chi connectivity index (χ1n) is 11.3. The molecule has 3 aromatic rings. The summed E-state index contributed by atoms with van der Waals surface area (Å²) >= 11 is 0. The van der Waals surface area contributed by atoms with Crippen LogP contribution in [0, 0.1) is 41.0 Å². The van der Waals surface area contributed by atoms with Crippen molar-refractivity contribution in [2.45, 2.75) is 57.8 Å². The van der Waals surface area contributed by atoms with Gasteiger partial charge in [0.15, 0.2) is 17.5 Å². The first kappa shape index (κ1) is 22.4. The average Bonchev–Trinajstić information content (AvgIpc) is 2.80. The van der Waals surface area contributed by atoms with Crippen LogP contribution in [0.5, 0.6) is 0 Å². The average molecular weight is 439 g/mol. The number of fused-ring (bicyclic) bond motifs is 1. The highest BCUT2D eigenvalue weighted by Crippen LogP contribution is 2.37.